The van der Waals surface area contributed by atoms with Gasteiger partial charge in [-0.05, 0) is 6.92 Å². The Balaban J connectivity index is 3.06. The first-order chi connectivity index (χ1) is 3.81. The van der Waals surface area contributed by atoms with E-state index in [2.05, 4.69) is 4.18 Å². The number of hydrogen-bond acceptors (Lipinski definition) is 2. The molecule has 50 valence electrons. The summed E-state index contributed by atoms with van der Waals surface area (Å²) in [6.45, 7) is 2.29. The lowest BCUT2D eigenvalue weighted by Gasteiger charge is -1.94. The van der Waals surface area contributed by atoms with Crippen LogP contribution in [0.3, 0.4) is 0 Å². The van der Waals surface area contributed by atoms with E-state index in [1.54, 1.807) is 6.92 Å². The highest BCUT2D eigenvalue weighted by molar-refractivity contribution is 7.80. The summed E-state index contributed by atoms with van der Waals surface area (Å²) < 4.78 is 15.1. The third-order valence-corrected chi connectivity index (χ3v) is 1.94. The average molecular weight is 157 g/mol. The lowest BCUT2D eigenvalue weighted by Crippen LogP contribution is -2.02. The van der Waals surface area contributed by atoms with Crippen molar-refractivity contribution in [2.45, 2.75) is 6.92 Å². The van der Waals surface area contributed by atoms with E-state index in [0.29, 0.717) is 18.2 Å². The summed E-state index contributed by atoms with van der Waals surface area (Å²) in [6, 6.07) is 0. The summed E-state index contributed by atoms with van der Waals surface area (Å²) in [6.07, 6.45) is 0. The van der Waals surface area contributed by atoms with Crippen molar-refractivity contribution in [2.24, 2.45) is 0 Å². The molecule has 0 aromatic heterocycles. The summed E-state index contributed by atoms with van der Waals surface area (Å²) in [7, 11) is 0. The van der Waals surface area contributed by atoms with Gasteiger partial charge in [0.15, 0.2) is 11.1 Å². The summed E-state index contributed by atoms with van der Waals surface area (Å²) >= 11 is 4.11. The van der Waals surface area contributed by atoms with E-state index in [9.17, 15) is 4.21 Å². The first-order valence-electron chi connectivity index (χ1n) is 2.39. The second-order valence-electron chi connectivity index (χ2n) is 1.10. The van der Waals surface area contributed by atoms with Crippen molar-refractivity contribution in [3.05, 3.63) is 0 Å². The Morgan fingerprint density at radius 2 is 2.38 bits per heavy atom. The third-order valence-electron chi connectivity index (χ3n) is 0.493. The molecule has 8 heavy (non-hydrogen) atoms. The van der Waals surface area contributed by atoms with Crippen LogP contribution in [0.15, 0.2) is 0 Å². The molecule has 0 radical (unpaired) electrons. The van der Waals surface area contributed by atoms with Crippen LogP contribution in [-0.2, 0) is 15.3 Å². The predicted molar refractivity (Wildman–Crippen MR) is 35.4 cm³/mol. The summed E-state index contributed by atoms with van der Waals surface area (Å²) in [5, 5.41) is 0. The molecular formula is C4H9ClO2S. The largest absolute Gasteiger partial charge is 0.291 e. The monoisotopic (exact) mass is 156 g/mol. The van der Waals surface area contributed by atoms with Gasteiger partial charge in [0.25, 0.3) is 0 Å². The van der Waals surface area contributed by atoms with Gasteiger partial charge in [-0.15, -0.1) is 11.6 Å². The Morgan fingerprint density at radius 1 is 1.75 bits per heavy atom. The van der Waals surface area contributed by atoms with Crippen LogP contribution >= 0.6 is 11.6 Å². The molecule has 2 nitrogen and oxygen atoms in total. The molecule has 4 heteroatoms. The standard InChI is InChI=1S/C4H9ClO2S/c1-2-7-8(6)4-3-5/h2-4H2,1H3. The number of hydrogen-bond donors (Lipinski definition) is 0. The van der Waals surface area contributed by atoms with Gasteiger partial charge in [-0.25, -0.2) is 4.21 Å². The molecule has 0 heterocycles. The fraction of sp³-hybridized carbons (Fsp3) is 1.00. The molecule has 0 aromatic rings. The van der Waals surface area contributed by atoms with E-state index in [4.69, 9.17) is 11.6 Å². The molecule has 1 unspecified atom stereocenters. The molecule has 0 rings (SSSR count). The zero-order valence-corrected chi connectivity index (χ0v) is 6.30. The normalized spacial score (nSPS) is 13.8. The van der Waals surface area contributed by atoms with Crippen LogP contribution in [-0.4, -0.2) is 22.4 Å². The second kappa shape index (κ2) is 5.54. The Kier molecular flexibility index (Phi) is 5.81. The molecular weight excluding hydrogens is 148 g/mol. The van der Waals surface area contributed by atoms with Gasteiger partial charge in [-0.2, -0.15) is 0 Å². The number of rotatable bonds is 4. The minimum atomic E-state index is -1.15. The topological polar surface area (TPSA) is 26.3 Å². The molecule has 0 aliphatic rings. The highest BCUT2D eigenvalue weighted by atomic mass is 35.5. The van der Waals surface area contributed by atoms with E-state index in [1.165, 1.54) is 0 Å². The van der Waals surface area contributed by atoms with Gasteiger partial charge in [0, 0.05) is 5.88 Å². The maximum Gasteiger partial charge on any atom is 0.156 e. The molecule has 0 saturated heterocycles. The fourth-order valence-electron chi connectivity index (χ4n) is 0.253. The molecule has 0 fully saturated rings. The quantitative estimate of drug-likeness (QED) is 0.566. The lowest BCUT2D eigenvalue weighted by molar-refractivity contribution is 0.372. The van der Waals surface area contributed by atoms with Gasteiger partial charge in [0.1, 0.15) is 0 Å². The first-order valence-corrected chi connectivity index (χ1v) is 4.16. The molecule has 0 aliphatic carbocycles. The van der Waals surface area contributed by atoms with E-state index < -0.39 is 11.1 Å². The van der Waals surface area contributed by atoms with Gasteiger partial charge in [-0.3, -0.25) is 4.18 Å². The lowest BCUT2D eigenvalue weighted by atomic mass is 10.9. The van der Waals surface area contributed by atoms with E-state index in [0.717, 1.165) is 0 Å². The first kappa shape index (κ1) is 8.40. The third kappa shape index (κ3) is 4.56. The highest BCUT2D eigenvalue weighted by Gasteiger charge is 1.93. The molecule has 0 amide bonds. The summed E-state index contributed by atoms with van der Waals surface area (Å²) in [5.74, 6) is 0.821. The van der Waals surface area contributed by atoms with Crippen LogP contribution in [0, 0.1) is 0 Å². The van der Waals surface area contributed by atoms with Crippen LogP contribution in [0.5, 0.6) is 0 Å². The Hall–Kier alpha value is 0.400. The van der Waals surface area contributed by atoms with Gasteiger partial charge in [-0.1, -0.05) is 0 Å². The van der Waals surface area contributed by atoms with E-state index in [-0.39, 0.29) is 0 Å². The Labute approximate surface area is 56.8 Å². The minimum absolute atomic E-state index is 0.395. The van der Waals surface area contributed by atoms with E-state index in [1.807, 2.05) is 0 Å². The average Bonchev–Trinajstić information content (AvgIpc) is 1.68. The smallest absolute Gasteiger partial charge is 0.156 e. The molecule has 0 aliphatic heterocycles. The number of alkyl halides is 1. The maximum atomic E-state index is 10.4. The van der Waals surface area contributed by atoms with Crippen LogP contribution < -0.4 is 0 Å². The van der Waals surface area contributed by atoms with Crippen LogP contribution in [0.25, 0.3) is 0 Å². The maximum absolute atomic E-state index is 10.4. The van der Waals surface area contributed by atoms with Gasteiger partial charge >= 0.3 is 0 Å². The van der Waals surface area contributed by atoms with E-state index >= 15 is 0 Å². The Bertz CT molecular complexity index is 68.4. The van der Waals surface area contributed by atoms with Crippen LogP contribution in [0.4, 0.5) is 0 Å². The summed E-state index contributed by atoms with van der Waals surface area (Å²) in [5.41, 5.74) is 0. The minimum Gasteiger partial charge on any atom is -0.291 e. The predicted octanol–water partition coefficient (Wildman–Crippen LogP) is 0.925. The Morgan fingerprint density at radius 3 is 2.75 bits per heavy atom. The van der Waals surface area contributed by atoms with Crippen molar-refractivity contribution in [1.29, 1.82) is 0 Å². The SMILES string of the molecule is CCOS(=O)CCCl. The van der Waals surface area contributed by atoms with Crippen molar-refractivity contribution < 1.29 is 8.39 Å². The fourth-order valence-corrected chi connectivity index (χ4v) is 1.14. The van der Waals surface area contributed by atoms with Crippen molar-refractivity contribution >= 4 is 22.7 Å². The summed E-state index contributed by atoms with van der Waals surface area (Å²) in [4.78, 5) is 0. The molecule has 0 N–H and O–H groups in total. The second-order valence-corrected chi connectivity index (χ2v) is 2.73. The molecule has 1 atom stereocenters. The highest BCUT2D eigenvalue weighted by Crippen LogP contribution is 1.86. The van der Waals surface area contributed by atoms with Crippen molar-refractivity contribution in [2.75, 3.05) is 18.2 Å². The zero-order chi connectivity index (χ0) is 6.41. The number of halogens is 1. The van der Waals surface area contributed by atoms with Crippen LogP contribution in [0.2, 0.25) is 0 Å². The van der Waals surface area contributed by atoms with Crippen LogP contribution in [0.1, 0.15) is 6.92 Å². The molecule has 0 spiro atoms. The van der Waals surface area contributed by atoms with Gasteiger partial charge in [0.05, 0.1) is 12.4 Å². The zero-order valence-electron chi connectivity index (χ0n) is 4.72. The van der Waals surface area contributed by atoms with Gasteiger partial charge in [0.2, 0.25) is 0 Å². The molecule has 0 bridgehead atoms. The van der Waals surface area contributed by atoms with Gasteiger partial charge < -0.3 is 0 Å². The van der Waals surface area contributed by atoms with Crippen molar-refractivity contribution in [1.82, 2.24) is 0 Å². The van der Waals surface area contributed by atoms with Crippen molar-refractivity contribution in [3.63, 3.8) is 0 Å². The molecule has 0 saturated carbocycles. The molecule has 0 aromatic carbocycles. The van der Waals surface area contributed by atoms with Crippen molar-refractivity contribution in [3.8, 4) is 0 Å².